The standard InChI is InChI=1S/C13H17FO3/c1-13(2,12(15)17-4)11-6-5-10(14)7-9(11)8-16-3/h5-7H,8H2,1-4H3. The molecule has 0 N–H and O–H groups in total. The second kappa shape index (κ2) is 5.27. The number of halogens is 1. The molecule has 0 saturated heterocycles. The van der Waals surface area contributed by atoms with Gasteiger partial charge in [0.25, 0.3) is 0 Å². The molecule has 0 radical (unpaired) electrons. The quantitative estimate of drug-likeness (QED) is 0.758. The summed E-state index contributed by atoms with van der Waals surface area (Å²) in [6.45, 7) is 3.74. The van der Waals surface area contributed by atoms with Crippen molar-refractivity contribution < 1.29 is 18.7 Å². The lowest BCUT2D eigenvalue weighted by atomic mass is 9.82. The largest absolute Gasteiger partial charge is 0.468 e. The van der Waals surface area contributed by atoms with Crippen LogP contribution in [-0.4, -0.2) is 20.2 Å². The highest BCUT2D eigenvalue weighted by Crippen LogP contribution is 2.28. The van der Waals surface area contributed by atoms with E-state index in [9.17, 15) is 9.18 Å². The average molecular weight is 240 g/mol. The topological polar surface area (TPSA) is 35.5 Å². The Bertz CT molecular complexity index is 413. The van der Waals surface area contributed by atoms with Gasteiger partial charge in [-0.3, -0.25) is 4.79 Å². The summed E-state index contributed by atoms with van der Waals surface area (Å²) in [7, 11) is 2.86. The Hall–Kier alpha value is -1.42. The molecule has 4 heteroatoms. The van der Waals surface area contributed by atoms with Gasteiger partial charge >= 0.3 is 5.97 Å². The van der Waals surface area contributed by atoms with Crippen molar-refractivity contribution in [1.29, 1.82) is 0 Å². The smallest absolute Gasteiger partial charge is 0.315 e. The van der Waals surface area contributed by atoms with Gasteiger partial charge in [0.15, 0.2) is 0 Å². The molecule has 0 aliphatic heterocycles. The highest BCUT2D eigenvalue weighted by atomic mass is 19.1. The Morgan fingerprint density at radius 3 is 2.53 bits per heavy atom. The van der Waals surface area contributed by atoms with Crippen molar-refractivity contribution in [3.63, 3.8) is 0 Å². The second-order valence-electron chi connectivity index (χ2n) is 4.35. The third kappa shape index (κ3) is 2.82. The Morgan fingerprint density at radius 1 is 1.35 bits per heavy atom. The number of hydrogen-bond acceptors (Lipinski definition) is 3. The van der Waals surface area contributed by atoms with E-state index in [1.807, 2.05) is 0 Å². The summed E-state index contributed by atoms with van der Waals surface area (Å²) >= 11 is 0. The predicted molar refractivity (Wildman–Crippen MR) is 62.2 cm³/mol. The maximum Gasteiger partial charge on any atom is 0.315 e. The van der Waals surface area contributed by atoms with E-state index in [4.69, 9.17) is 9.47 Å². The van der Waals surface area contributed by atoms with Crippen molar-refractivity contribution in [3.05, 3.63) is 35.1 Å². The van der Waals surface area contributed by atoms with Crippen molar-refractivity contribution in [3.8, 4) is 0 Å². The van der Waals surface area contributed by atoms with Crippen LogP contribution in [0.3, 0.4) is 0 Å². The fourth-order valence-corrected chi connectivity index (χ4v) is 1.81. The maximum absolute atomic E-state index is 13.2. The van der Waals surface area contributed by atoms with Gasteiger partial charge in [0.2, 0.25) is 0 Å². The predicted octanol–water partition coefficient (Wildman–Crippen LogP) is 2.42. The number of esters is 1. The number of rotatable bonds is 4. The van der Waals surface area contributed by atoms with Gasteiger partial charge in [0.05, 0.1) is 19.1 Å². The first kappa shape index (κ1) is 13.6. The number of carbonyl (C=O) groups is 1. The molecule has 0 aromatic heterocycles. The van der Waals surface area contributed by atoms with Crippen molar-refractivity contribution in [2.45, 2.75) is 25.9 Å². The number of hydrogen-bond donors (Lipinski definition) is 0. The molecule has 0 spiro atoms. The van der Waals surface area contributed by atoms with E-state index in [0.29, 0.717) is 11.1 Å². The Labute approximate surface area is 101 Å². The minimum absolute atomic E-state index is 0.257. The lowest BCUT2D eigenvalue weighted by Gasteiger charge is -2.24. The van der Waals surface area contributed by atoms with Crippen LogP contribution in [0, 0.1) is 5.82 Å². The van der Waals surface area contributed by atoms with E-state index in [1.165, 1.54) is 26.4 Å². The average Bonchev–Trinajstić information content (AvgIpc) is 2.28. The van der Waals surface area contributed by atoms with Gasteiger partial charge in [0.1, 0.15) is 5.82 Å². The summed E-state index contributed by atoms with van der Waals surface area (Å²) in [5, 5.41) is 0. The zero-order valence-electron chi connectivity index (χ0n) is 10.5. The lowest BCUT2D eigenvalue weighted by Crippen LogP contribution is -2.31. The first-order valence-electron chi connectivity index (χ1n) is 5.29. The molecule has 0 heterocycles. The Balaban J connectivity index is 3.24. The molecule has 0 aliphatic rings. The minimum Gasteiger partial charge on any atom is -0.468 e. The Morgan fingerprint density at radius 2 is 2.00 bits per heavy atom. The highest BCUT2D eigenvalue weighted by Gasteiger charge is 2.33. The van der Waals surface area contributed by atoms with Gasteiger partial charge in [-0.25, -0.2) is 4.39 Å². The van der Waals surface area contributed by atoms with Gasteiger partial charge in [-0.2, -0.15) is 0 Å². The van der Waals surface area contributed by atoms with Gasteiger partial charge in [0, 0.05) is 7.11 Å². The zero-order chi connectivity index (χ0) is 13.1. The van der Waals surface area contributed by atoms with Crippen molar-refractivity contribution in [2.24, 2.45) is 0 Å². The normalized spacial score (nSPS) is 11.4. The van der Waals surface area contributed by atoms with E-state index in [0.717, 1.165) is 0 Å². The first-order chi connectivity index (χ1) is 7.93. The number of methoxy groups -OCH3 is 2. The summed E-state index contributed by atoms with van der Waals surface area (Å²) in [6, 6.07) is 4.31. The van der Waals surface area contributed by atoms with Crippen LogP contribution >= 0.6 is 0 Å². The van der Waals surface area contributed by atoms with E-state index in [1.54, 1.807) is 19.9 Å². The van der Waals surface area contributed by atoms with Crippen molar-refractivity contribution >= 4 is 5.97 Å². The molecular formula is C13H17FO3. The fourth-order valence-electron chi connectivity index (χ4n) is 1.81. The van der Waals surface area contributed by atoms with Crippen LogP contribution in [0.1, 0.15) is 25.0 Å². The van der Waals surface area contributed by atoms with E-state index >= 15 is 0 Å². The van der Waals surface area contributed by atoms with Crippen LogP contribution in [-0.2, 0) is 26.3 Å². The van der Waals surface area contributed by atoms with Crippen molar-refractivity contribution in [2.75, 3.05) is 14.2 Å². The molecule has 0 aliphatic carbocycles. The molecule has 0 atom stereocenters. The van der Waals surface area contributed by atoms with Gasteiger partial charge < -0.3 is 9.47 Å². The molecule has 0 fully saturated rings. The molecule has 1 rings (SSSR count). The second-order valence-corrected chi connectivity index (χ2v) is 4.35. The van der Waals surface area contributed by atoms with Crippen LogP contribution in [0.2, 0.25) is 0 Å². The van der Waals surface area contributed by atoms with Crippen LogP contribution < -0.4 is 0 Å². The number of ether oxygens (including phenoxy) is 2. The van der Waals surface area contributed by atoms with Gasteiger partial charge in [-0.1, -0.05) is 6.07 Å². The minimum atomic E-state index is -0.823. The summed E-state index contributed by atoms with van der Waals surface area (Å²) in [5.74, 6) is -0.706. The maximum atomic E-state index is 13.2. The molecule has 0 unspecified atom stereocenters. The molecule has 0 amide bonds. The molecular weight excluding hydrogens is 223 g/mol. The molecule has 17 heavy (non-hydrogen) atoms. The molecule has 1 aromatic rings. The van der Waals surface area contributed by atoms with Crippen LogP contribution in [0.5, 0.6) is 0 Å². The third-order valence-electron chi connectivity index (χ3n) is 2.74. The summed E-state index contributed by atoms with van der Waals surface area (Å²) in [4.78, 5) is 11.7. The molecule has 0 saturated carbocycles. The third-order valence-corrected chi connectivity index (χ3v) is 2.74. The summed E-state index contributed by atoms with van der Waals surface area (Å²) in [6.07, 6.45) is 0. The molecule has 94 valence electrons. The van der Waals surface area contributed by atoms with E-state index < -0.39 is 5.41 Å². The van der Waals surface area contributed by atoms with E-state index in [2.05, 4.69) is 0 Å². The number of carbonyl (C=O) groups excluding carboxylic acids is 1. The number of benzene rings is 1. The van der Waals surface area contributed by atoms with Crippen LogP contribution in [0.4, 0.5) is 4.39 Å². The zero-order valence-corrected chi connectivity index (χ0v) is 10.5. The van der Waals surface area contributed by atoms with Crippen LogP contribution in [0.15, 0.2) is 18.2 Å². The van der Waals surface area contributed by atoms with E-state index in [-0.39, 0.29) is 18.4 Å². The fraction of sp³-hybridized carbons (Fsp3) is 0.462. The van der Waals surface area contributed by atoms with Crippen molar-refractivity contribution in [1.82, 2.24) is 0 Å². The van der Waals surface area contributed by atoms with Crippen LogP contribution in [0.25, 0.3) is 0 Å². The Kier molecular flexibility index (Phi) is 4.23. The molecule has 0 bridgehead atoms. The summed E-state index contributed by atoms with van der Waals surface area (Å²) in [5.41, 5.74) is 0.548. The lowest BCUT2D eigenvalue weighted by molar-refractivity contribution is -0.146. The highest BCUT2D eigenvalue weighted by molar-refractivity contribution is 5.82. The molecule has 3 nitrogen and oxygen atoms in total. The SMILES string of the molecule is COCc1cc(F)ccc1C(C)(C)C(=O)OC. The van der Waals surface area contributed by atoms with Gasteiger partial charge in [-0.05, 0) is 37.1 Å². The summed E-state index contributed by atoms with van der Waals surface area (Å²) < 4.78 is 22.9. The van der Waals surface area contributed by atoms with Gasteiger partial charge in [-0.15, -0.1) is 0 Å². The monoisotopic (exact) mass is 240 g/mol. The first-order valence-corrected chi connectivity index (χ1v) is 5.29. The molecule has 1 aromatic carbocycles.